The summed E-state index contributed by atoms with van der Waals surface area (Å²) in [7, 11) is 0. The molecule has 7 heteroatoms. The molecule has 3 heterocycles. The molecular weight excluding hydrogens is 286 g/mol. The fourth-order valence-electron chi connectivity index (χ4n) is 1.86. The van der Waals surface area contributed by atoms with Crippen molar-refractivity contribution in [3.63, 3.8) is 0 Å². The summed E-state index contributed by atoms with van der Waals surface area (Å²) >= 11 is 1.52. The van der Waals surface area contributed by atoms with Gasteiger partial charge in [0, 0.05) is 29.5 Å². The van der Waals surface area contributed by atoms with Crippen LogP contribution in [0, 0.1) is 0 Å². The summed E-state index contributed by atoms with van der Waals surface area (Å²) in [6.45, 7) is 1.91. The molecule has 0 fully saturated rings. The number of hydrogen-bond acceptors (Lipinski definition) is 5. The Balaban J connectivity index is 1.73. The van der Waals surface area contributed by atoms with Crippen molar-refractivity contribution in [1.29, 1.82) is 0 Å². The van der Waals surface area contributed by atoms with Gasteiger partial charge in [0.1, 0.15) is 10.7 Å². The highest BCUT2D eigenvalue weighted by Crippen LogP contribution is 2.25. The zero-order valence-electron chi connectivity index (χ0n) is 11.3. The largest absolute Gasteiger partial charge is 0.342 e. The van der Waals surface area contributed by atoms with Crippen molar-refractivity contribution in [2.24, 2.45) is 0 Å². The summed E-state index contributed by atoms with van der Waals surface area (Å²) in [5.41, 5.74) is 2.34. The van der Waals surface area contributed by atoms with Crippen molar-refractivity contribution in [3.05, 3.63) is 52.9 Å². The highest BCUT2D eigenvalue weighted by atomic mass is 32.1. The van der Waals surface area contributed by atoms with E-state index < -0.39 is 0 Å². The number of carbonyl (C=O) groups excluding carboxylic acids is 1. The summed E-state index contributed by atoms with van der Waals surface area (Å²) in [4.78, 5) is 20.5. The van der Waals surface area contributed by atoms with Crippen molar-refractivity contribution >= 4 is 17.2 Å². The molecule has 0 saturated heterocycles. The van der Waals surface area contributed by atoms with Crippen LogP contribution in [0.4, 0.5) is 0 Å². The molecule has 0 aromatic carbocycles. The van der Waals surface area contributed by atoms with Gasteiger partial charge in [-0.05, 0) is 25.1 Å². The van der Waals surface area contributed by atoms with Gasteiger partial charge in [-0.15, -0.1) is 11.3 Å². The third-order valence-electron chi connectivity index (χ3n) is 2.96. The molecule has 0 aliphatic rings. The summed E-state index contributed by atoms with van der Waals surface area (Å²) in [5.74, 6) is -0.194. The number of rotatable bonds is 4. The molecule has 0 bridgehead atoms. The second-order valence-electron chi connectivity index (χ2n) is 4.47. The Morgan fingerprint density at radius 2 is 2.10 bits per heavy atom. The number of amides is 1. The predicted molar refractivity (Wildman–Crippen MR) is 79.8 cm³/mol. The Labute approximate surface area is 125 Å². The summed E-state index contributed by atoms with van der Waals surface area (Å²) in [6.07, 6.45) is 5.01. The third-order valence-corrected chi connectivity index (χ3v) is 3.99. The fourth-order valence-corrected chi connectivity index (χ4v) is 2.70. The van der Waals surface area contributed by atoms with E-state index in [1.165, 1.54) is 11.3 Å². The minimum absolute atomic E-state index is 0.165. The Morgan fingerprint density at radius 3 is 2.81 bits per heavy atom. The first-order valence-corrected chi connectivity index (χ1v) is 7.28. The molecular formula is C14H13N5OS. The lowest BCUT2D eigenvalue weighted by atomic mass is 10.2. The van der Waals surface area contributed by atoms with Crippen LogP contribution in [0.1, 0.15) is 28.5 Å². The minimum atomic E-state index is -0.194. The van der Waals surface area contributed by atoms with Gasteiger partial charge in [-0.3, -0.25) is 14.9 Å². The topological polar surface area (TPSA) is 83.6 Å². The maximum absolute atomic E-state index is 12.0. The van der Waals surface area contributed by atoms with E-state index in [4.69, 9.17) is 0 Å². The maximum atomic E-state index is 12.0. The van der Waals surface area contributed by atoms with Gasteiger partial charge in [-0.2, -0.15) is 5.10 Å². The first-order chi connectivity index (χ1) is 10.2. The summed E-state index contributed by atoms with van der Waals surface area (Å²) < 4.78 is 0. The van der Waals surface area contributed by atoms with Crippen molar-refractivity contribution in [1.82, 2.24) is 25.5 Å². The standard InChI is InChI=1S/C14H13N5OS/c1-9(17-13(20)11-4-7-16-19-11)14-18-12(8-21-14)10-2-5-15-6-3-10/h2-9H,1H3,(H,16,19)(H,17,20)/t9-/m1/s1. The monoisotopic (exact) mass is 299 g/mol. The van der Waals surface area contributed by atoms with E-state index >= 15 is 0 Å². The van der Waals surface area contributed by atoms with Gasteiger partial charge in [-0.1, -0.05) is 0 Å². The number of nitrogens with one attached hydrogen (secondary N) is 2. The van der Waals surface area contributed by atoms with E-state index in [1.54, 1.807) is 24.7 Å². The quantitative estimate of drug-likeness (QED) is 0.775. The van der Waals surface area contributed by atoms with E-state index in [2.05, 4.69) is 25.5 Å². The van der Waals surface area contributed by atoms with Crippen LogP contribution in [-0.2, 0) is 0 Å². The van der Waals surface area contributed by atoms with Crippen molar-refractivity contribution < 1.29 is 4.79 Å². The van der Waals surface area contributed by atoms with Crippen LogP contribution in [0.15, 0.2) is 42.2 Å². The lowest BCUT2D eigenvalue weighted by molar-refractivity contribution is 0.0935. The number of H-pyrrole nitrogens is 1. The van der Waals surface area contributed by atoms with E-state index in [0.717, 1.165) is 16.3 Å². The maximum Gasteiger partial charge on any atom is 0.269 e. The van der Waals surface area contributed by atoms with Crippen LogP contribution in [0.2, 0.25) is 0 Å². The molecule has 106 valence electrons. The average molecular weight is 299 g/mol. The van der Waals surface area contributed by atoms with E-state index in [1.807, 2.05) is 24.4 Å². The van der Waals surface area contributed by atoms with Crippen molar-refractivity contribution in [2.75, 3.05) is 0 Å². The smallest absolute Gasteiger partial charge is 0.269 e. The summed E-state index contributed by atoms with van der Waals surface area (Å²) in [6, 6.07) is 5.28. The van der Waals surface area contributed by atoms with Gasteiger partial charge < -0.3 is 5.32 Å². The zero-order valence-corrected chi connectivity index (χ0v) is 12.1. The second kappa shape index (κ2) is 5.84. The third kappa shape index (κ3) is 2.97. The fraction of sp³-hybridized carbons (Fsp3) is 0.143. The van der Waals surface area contributed by atoms with Crippen LogP contribution in [0.3, 0.4) is 0 Å². The minimum Gasteiger partial charge on any atom is -0.342 e. The van der Waals surface area contributed by atoms with Crippen molar-refractivity contribution in [3.8, 4) is 11.3 Å². The highest BCUT2D eigenvalue weighted by Gasteiger charge is 2.15. The van der Waals surface area contributed by atoms with Crippen LogP contribution < -0.4 is 5.32 Å². The SMILES string of the molecule is C[C@@H](NC(=O)c1ccn[nH]1)c1nc(-c2ccncc2)cs1. The Kier molecular flexibility index (Phi) is 3.74. The molecule has 1 atom stereocenters. The van der Waals surface area contributed by atoms with Crippen LogP contribution in [0.5, 0.6) is 0 Å². The molecule has 21 heavy (non-hydrogen) atoms. The Hall–Kier alpha value is -2.54. The molecule has 0 spiro atoms. The number of carbonyl (C=O) groups is 1. The Bertz CT molecular complexity index is 723. The van der Waals surface area contributed by atoms with Gasteiger partial charge in [0.25, 0.3) is 5.91 Å². The second-order valence-corrected chi connectivity index (χ2v) is 5.36. The number of nitrogens with zero attached hydrogens (tertiary/aromatic N) is 3. The van der Waals surface area contributed by atoms with Gasteiger partial charge in [0.05, 0.1) is 11.7 Å². The van der Waals surface area contributed by atoms with Crippen LogP contribution in [0.25, 0.3) is 11.3 Å². The number of aromatic amines is 1. The lowest BCUT2D eigenvalue weighted by Gasteiger charge is -2.09. The van der Waals surface area contributed by atoms with Gasteiger partial charge in [-0.25, -0.2) is 4.98 Å². The Morgan fingerprint density at radius 1 is 1.29 bits per heavy atom. The molecule has 0 saturated carbocycles. The number of pyridine rings is 1. The normalized spacial score (nSPS) is 12.0. The van der Waals surface area contributed by atoms with Gasteiger partial charge >= 0.3 is 0 Å². The lowest BCUT2D eigenvalue weighted by Crippen LogP contribution is -2.26. The first-order valence-electron chi connectivity index (χ1n) is 6.40. The van der Waals surface area contributed by atoms with E-state index in [9.17, 15) is 4.79 Å². The van der Waals surface area contributed by atoms with Crippen molar-refractivity contribution in [2.45, 2.75) is 13.0 Å². The molecule has 3 aromatic heterocycles. The van der Waals surface area contributed by atoms with E-state index in [-0.39, 0.29) is 11.9 Å². The molecule has 6 nitrogen and oxygen atoms in total. The molecule has 0 aliphatic carbocycles. The molecule has 2 N–H and O–H groups in total. The first kappa shape index (κ1) is 13.4. The molecule has 3 rings (SSSR count). The average Bonchev–Trinajstić information content (AvgIpc) is 3.20. The highest BCUT2D eigenvalue weighted by molar-refractivity contribution is 7.10. The summed E-state index contributed by atoms with van der Waals surface area (Å²) in [5, 5.41) is 12.1. The molecule has 0 aliphatic heterocycles. The number of thiazole rings is 1. The predicted octanol–water partition coefficient (Wildman–Crippen LogP) is 2.42. The van der Waals surface area contributed by atoms with E-state index in [0.29, 0.717) is 5.69 Å². The van der Waals surface area contributed by atoms with Crippen LogP contribution >= 0.6 is 11.3 Å². The molecule has 1 amide bonds. The molecule has 0 unspecified atom stereocenters. The van der Waals surface area contributed by atoms with Gasteiger partial charge in [0.2, 0.25) is 0 Å². The molecule has 3 aromatic rings. The van der Waals surface area contributed by atoms with Gasteiger partial charge in [0.15, 0.2) is 0 Å². The number of hydrogen-bond donors (Lipinski definition) is 2. The number of aromatic nitrogens is 4. The zero-order chi connectivity index (χ0) is 14.7. The van der Waals surface area contributed by atoms with Crippen LogP contribution in [-0.4, -0.2) is 26.1 Å². The molecule has 0 radical (unpaired) electrons.